The third-order valence-corrected chi connectivity index (χ3v) is 8.04. The Balaban J connectivity index is 1.79. The predicted octanol–water partition coefficient (Wildman–Crippen LogP) is 4.16. The number of carbonyl (C=O) groups excluding carboxylic acids is 1. The second-order valence-electron chi connectivity index (χ2n) is 10.0. The summed E-state index contributed by atoms with van der Waals surface area (Å²) in [6.07, 6.45) is 23.9. The summed E-state index contributed by atoms with van der Waals surface area (Å²) >= 11 is 0. The molecule has 4 nitrogen and oxygen atoms in total. The van der Waals surface area contributed by atoms with Gasteiger partial charge in [-0.1, -0.05) is 24.3 Å². The first-order valence-corrected chi connectivity index (χ1v) is 12.3. The zero-order chi connectivity index (χ0) is 20.9. The van der Waals surface area contributed by atoms with Crippen molar-refractivity contribution >= 4 is 6.29 Å². The number of hydrogen-bond acceptors (Lipinski definition) is 4. The van der Waals surface area contributed by atoms with Crippen LogP contribution in [0, 0.1) is 11.3 Å². The molecule has 0 aromatic carbocycles. The fraction of sp³-hybridized carbons (Fsp3) is 0.731. The monoisotopic (exact) mass is 412 g/mol. The molecular formula is C26H40N2O2. The van der Waals surface area contributed by atoms with Gasteiger partial charge in [0.2, 0.25) is 0 Å². The number of piperidine rings is 1. The molecule has 0 radical (unpaired) electrons. The summed E-state index contributed by atoms with van der Waals surface area (Å²) in [6.45, 7) is 4.12. The van der Waals surface area contributed by atoms with Crippen molar-refractivity contribution in [1.82, 2.24) is 10.2 Å². The van der Waals surface area contributed by atoms with Crippen LogP contribution in [0.3, 0.4) is 0 Å². The summed E-state index contributed by atoms with van der Waals surface area (Å²) in [6, 6.07) is 0.00199. The molecule has 5 atom stereocenters. The van der Waals surface area contributed by atoms with Crippen molar-refractivity contribution in [2.75, 3.05) is 26.2 Å². The summed E-state index contributed by atoms with van der Waals surface area (Å²) < 4.78 is 0. The van der Waals surface area contributed by atoms with Crippen LogP contribution in [-0.4, -0.2) is 54.1 Å². The molecule has 0 aromatic rings. The maximum atomic E-state index is 12.2. The molecule has 4 heteroatoms. The van der Waals surface area contributed by atoms with Gasteiger partial charge in [0.1, 0.15) is 6.29 Å². The zero-order valence-corrected chi connectivity index (χ0v) is 18.5. The number of hydrogen-bond donors (Lipinski definition) is 2. The van der Waals surface area contributed by atoms with Crippen LogP contribution in [0.4, 0.5) is 0 Å². The van der Waals surface area contributed by atoms with Crippen LogP contribution >= 0.6 is 0 Å². The second kappa shape index (κ2) is 9.93. The molecule has 0 aromatic heterocycles. The summed E-state index contributed by atoms with van der Waals surface area (Å²) in [5.41, 5.74) is -0.205. The Morgan fingerprint density at radius 1 is 0.967 bits per heavy atom. The number of carbonyl (C=O) groups is 1. The number of allylic oxidation sites excluding steroid dienone is 5. The molecule has 166 valence electrons. The van der Waals surface area contributed by atoms with Gasteiger partial charge in [0.05, 0.1) is 5.60 Å². The number of rotatable bonds is 1. The highest BCUT2D eigenvalue weighted by Gasteiger charge is 2.58. The molecule has 1 aliphatic carbocycles. The van der Waals surface area contributed by atoms with Crippen molar-refractivity contribution in [2.45, 2.75) is 82.3 Å². The van der Waals surface area contributed by atoms with E-state index in [9.17, 15) is 9.90 Å². The minimum atomic E-state index is -0.966. The minimum absolute atomic E-state index is 0.00199. The van der Waals surface area contributed by atoms with E-state index < -0.39 is 5.60 Å². The zero-order valence-electron chi connectivity index (χ0n) is 18.5. The summed E-state index contributed by atoms with van der Waals surface area (Å²) in [5.74, 6) is 0.249. The van der Waals surface area contributed by atoms with Crippen LogP contribution in [0.15, 0.2) is 36.0 Å². The Hall–Kier alpha value is -1.23. The van der Waals surface area contributed by atoms with Gasteiger partial charge >= 0.3 is 0 Å². The second-order valence-corrected chi connectivity index (χ2v) is 10.0. The van der Waals surface area contributed by atoms with Crippen LogP contribution in [0.1, 0.15) is 70.6 Å². The lowest BCUT2D eigenvalue weighted by molar-refractivity contribution is -0.112. The van der Waals surface area contributed by atoms with Gasteiger partial charge in [0, 0.05) is 18.0 Å². The van der Waals surface area contributed by atoms with E-state index in [0.29, 0.717) is 6.42 Å². The molecule has 1 fully saturated rings. The van der Waals surface area contributed by atoms with Crippen LogP contribution < -0.4 is 5.32 Å². The largest absolute Gasteiger partial charge is 0.384 e. The van der Waals surface area contributed by atoms with E-state index in [1.165, 1.54) is 19.3 Å². The molecule has 1 saturated heterocycles. The molecule has 4 aliphatic rings. The average molecular weight is 413 g/mol. The van der Waals surface area contributed by atoms with Crippen LogP contribution in [0.5, 0.6) is 0 Å². The van der Waals surface area contributed by atoms with Crippen molar-refractivity contribution in [3.05, 3.63) is 36.0 Å². The van der Waals surface area contributed by atoms with Gasteiger partial charge in [-0.05, 0) is 108 Å². The fourth-order valence-corrected chi connectivity index (χ4v) is 6.64. The van der Waals surface area contributed by atoms with E-state index in [1.54, 1.807) is 0 Å². The number of aliphatic hydroxyl groups is 1. The quantitative estimate of drug-likeness (QED) is 0.501. The smallest absolute Gasteiger partial charge is 0.146 e. The van der Waals surface area contributed by atoms with Gasteiger partial charge in [-0.3, -0.25) is 4.79 Å². The Kier molecular flexibility index (Phi) is 7.28. The summed E-state index contributed by atoms with van der Waals surface area (Å²) in [7, 11) is 0. The van der Waals surface area contributed by atoms with E-state index in [-0.39, 0.29) is 17.4 Å². The SMILES string of the molecule is O=CC1=C[C@@]2(O)CC/C=C\CCCCN3CC[C@@H]1[C@]1(CC/C=C\CCCCN[C@H]12)C3. The number of nitrogens with zero attached hydrogens (tertiary/aromatic N) is 1. The van der Waals surface area contributed by atoms with E-state index in [0.717, 1.165) is 83.0 Å². The predicted molar refractivity (Wildman–Crippen MR) is 122 cm³/mol. The van der Waals surface area contributed by atoms with E-state index in [4.69, 9.17) is 0 Å². The van der Waals surface area contributed by atoms with E-state index >= 15 is 0 Å². The number of nitrogens with one attached hydrogen (secondary N) is 1. The highest BCUT2D eigenvalue weighted by Crippen LogP contribution is 2.53. The summed E-state index contributed by atoms with van der Waals surface area (Å²) in [4.78, 5) is 14.8. The van der Waals surface area contributed by atoms with Gasteiger partial charge in [-0.25, -0.2) is 0 Å². The standard InChI is InChI=1S/C26H40N2O2/c29-20-22-19-26(30)15-10-6-2-4-8-12-17-28-18-13-23(22)25(21-28)14-9-5-1-3-7-11-16-27-24(25)26/h1-2,5-6,19-20,23-24,27,30H,3-4,7-18,21H2/b5-1-,6-2-/t23-,24+,25-,26-/m0/s1. The summed E-state index contributed by atoms with van der Waals surface area (Å²) in [5, 5.41) is 15.9. The molecule has 30 heavy (non-hydrogen) atoms. The average Bonchev–Trinajstić information content (AvgIpc) is 2.79. The van der Waals surface area contributed by atoms with Gasteiger partial charge in [-0.15, -0.1) is 0 Å². The minimum Gasteiger partial charge on any atom is -0.384 e. The van der Waals surface area contributed by atoms with Gasteiger partial charge < -0.3 is 15.3 Å². The van der Waals surface area contributed by atoms with E-state index in [2.05, 4.69) is 34.5 Å². The maximum Gasteiger partial charge on any atom is 0.146 e. The van der Waals surface area contributed by atoms with Gasteiger partial charge in [0.25, 0.3) is 0 Å². The Labute approximate surface area is 182 Å². The normalized spacial score (nSPS) is 42.8. The molecular weight excluding hydrogens is 372 g/mol. The highest BCUT2D eigenvalue weighted by atomic mass is 16.3. The topological polar surface area (TPSA) is 52.6 Å². The third-order valence-electron chi connectivity index (χ3n) is 8.04. The van der Waals surface area contributed by atoms with Gasteiger partial charge in [0.15, 0.2) is 0 Å². The lowest BCUT2D eigenvalue weighted by atomic mass is 9.53. The first kappa shape index (κ1) is 22.0. The van der Waals surface area contributed by atoms with Crippen LogP contribution in [-0.2, 0) is 4.79 Å². The molecule has 2 N–H and O–H groups in total. The van der Waals surface area contributed by atoms with Crippen molar-refractivity contribution in [3.63, 3.8) is 0 Å². The molecule has 4 rings (SSSR count). The highest BCUT2D eigenvalue weighted by molar-refractivity contribution is 5.75. The fourth-order valence-electron chi connectivity index (χ4n) is 6.64. The Bertz CT molecular complexity index is 685. The maximum absolute atomic E-state index is 12.2. The molecule has 1 unspecified atom stereocenters. The van der Waals surface area contributed by atoms with Crippen LogP contribution in [0.2, 0.25) is 0 Å². The number of fused-ring (bicyclic) bond motifs is 1. The number of aldehydes is 1. The van der Waals surface area contributed by atoms with Gasteiger partial charge in [-0.2, -0.15) is 0 Å². The Morgan fingerprint density at radius 3 is 2.50 bits per heavy atom. The van der Waals surface area contributed by atoms with Crippen LogP contribution in [0.25, 0.3) is 0 Å². The molecule has 0 saturated carbocycles. The van der Waals surface area contributed by atoms with E-state index in [1.807, 2.05) is 6.08 Å². The first-order valence-electron chi connectivity index (χ1n) is 12.3. The third kappa shape index (κ3) is 4.51. The molecule has 3 heterocycles. The molecule has 1 spiro atoms. The van der Waals surface area contributed by atoms with Crippen molar-refractivity contribution in [3.8, 4) is 0 Å². The Morgan fingerprint density at radius 2 is 1.70 bits per heavy atom. The molecule has 3 aliphatic heterocycles. The lowest BCUT2D eigenvalue weighted by Crippen LogP contribution is -2.69. The molecule has 3 bridgehead atoms. The first-order chi connectivity index (χ1) is 14.7. The van der Waals surface area contributed by atoms with Crippen molar-refractivity contribution in [2.24, 2.45) is 11.3 Å². The van der Waals surface area contributed by atoms with Crippen molar-refractivity contribution < 1.29 is 9.90 Å². The molecule has 0 amide bonds. The van der Waals surface area contributed by atoms with Crippen molar-refractivity contribution in [1.29, 1.82) is 0 Å². The lowest BCUT2D eigenvalue weighted by Gasteiger charge is -2.59.